The number of aryl methyl sites for hydroxylation is 2. The lowest BCUT2D eigenvalue weighted by Crippen LogP contribution is -2.48. The van der Waals surface area contributed by atoms with Gasteiger partial charge in [0.2, 0.25) is 5.91 Å². The highest BCUT2D eigenvalue weighted by atomic mass is 19.1. The number of amides is 1. The van der Waals surface area contributed by atoms with Crippen LogP contribution >= 0.6 is 0 Å². The van der Waals surface area contributed by atoms with Crippen LogP contribution in [-0.4, -0.2) is 75.8 Å². The summed E-state index contributed by atoms with van der Waals surface area (Å²) < 4.78 is 26.7. The van der Waals surface area contributed by atoms with E-state index in [9.17, 15) is 23.8 Å². The number of carbonyl (C=O) groups excluding carboxylic acids is 1. The van der Waals surface area contributed by atoms with Gasteiger partial charge in [0.05, 0.1) is 12.2 Å². The summed E-state index contributed by atoms with van der Waals surface area (Å²) >= 11 is 0. The average molecular weight is 538 g/mol. The second kappa shape index (κ2) is 11.6. The summed E-state index contributed by atoms with van der Waals surface area (Å²) in [6.45, 7) is 7.03. The number of likely N-dealkylation sites (tertiary alicyclic amines) is 2. The first-order valence-electron chi connectivity index (χ1n) is 13.8. The topological polar surface area (TPSA) is 79.8 Å². The third-order valence-electron chi connectivity index (χ3n) is 8.46. The molecule has 2 saturated heterocycles. The highest BCUT2D eigenvalue weighted by Crippen LogP contribution is 2.37. The van der Waals surface area contributed by atoms with Crippen molar-refractivity contribution in [1.82, 2.24) is 14.8 Å². The molecule has 0 spiro atoms. The van der Waals surface area contributed by atoms with Crippen LogP contribution in [0.15, 0.2) is 42.5 Å². The summed E-state index contributed by atoms with van der Waals surface area (Å²) in [5.74, 6) is -1.45. The van der Waals surface area contributed by atoms with Crippen LogP contribution < -0.4 is 0 Å². The van der Waals surface area contributed by atoms with E-state index in [1.807, 2.05) is 0 Å². The number of carbonyl (C=O) groups is 1. The smallest absolute Gasteiger partial charge is 0.246 e. The number of aliphatic hydroxyl groups excluding tert-OH is 2. The van der Waals surface area contributed by atoms with Gasteiger partial charge in [-0.05, 0) is 80.5 Å². The Morgan fingerprint density at radius 1 is 1.10 bits per heavy atom. The zero-order valence-corrected chi connectivity index (χ0v) is 22.5. The summed E-state index contributed by atoms with van der Waals surface area (Å²) in [4.78, 5) is 19.9. The summed E-state index contributed by atoms with van der Waals surface area (Å²) in [7, 11) is 0. The van der Waals surface area contributed by atoms with E-state index in [-0.39, 0.29) is 17.7 Å². The summed E-state index contributed by atoms with van der Waals surface area (Å²) in [6.07, 6.45) is 3.90. The van der Waals surface area contributed by atoms with Crippen molar-refractivity contribution >= 4 is 22.9 Å². The molecule has 0 bridgehead atoms. The molecular formula is C31H37F2N3O3. The largest absolute Gasteiger partial charge is 0.392 e. The molecule has 8 heteroatoms. The van der Waals surface area contributed by atoms with E-state index in [0.29, 0.717) is 44.6 Å². The fourth-order valence-corrected chi connectivity index (χ4v) is 6.36. The van der Waals surface area contributed by atoms with Gasteiger partial charge in [0.15, 0.2) is 0 Å². The van der Waals surface area contributed by atoms with E-state index in [1.165, 1.54) is 40.8 Å². The Balaban J connectivity index is 1.12. The third kappa shape index (κ3) is 6.08. The van der Waals surface area contributed by atoms with Crippen LogP contribution in [0.1, 0.15) is 47.6 Å². The number of aromatic nitrogens is 1. The molecule has 3 atom stereocenters. The molecular weight excluding hydrogens is 500 g/mol. The van der Waals surface area contributed by atoms with Gasteiger partial charge in [-0.2, -0.15) is 0 Å². The first kappa shape index (κ1) is 27.5. The maximum absolute atomic E-state index is 13.4. The molecule has 0 aliphatic carbocycles. The van der Waals surface area contributed by atoms with Gasteiger partial charge in [-0.1, -0.05) is 18.2 Å². The van der Waals surface area contributed by atoms with E-state index in [2.05, 4.69) is 41.9 Å². The molecule has 0 saturated carbocycles. The number of β-amino-alcohol motifs (C(OH)–C–C–N with tert-alkyl or cyclic N) is 2. The first-order chi connectivity index (χ1) is 18.7. The number of nitrogens with zero attached hydrogens (tertiary/aromatic N) is 2. The molecule has 39 heavy (non-hydrogen) atoms. The van der Waals surface area contributed by atoms with Gasteiger partial charge < -0.3 is 20.1 Å². The summed E-state index contributed by atoms with van der Waals surface area (Å²) in [5, 5.41) is 23.3. The molecule has 3 heterocycles. The molecule has 3 N–H and O–H groups in total. The number of aromatic amines is 1. The van der Waals surface area contributed by atoms with Crippen molar-refractivity contribution in [3.8, 4) is 0 Å². The Kier molecular flexibility index (Phi) is 8.16. The zero-order valence-electron chi connectivity index (χ0n) is 22.5. The Labute approximate surface area is 227 Å². The number of benzene rings is 2. The van der Waals surface area contributed by atoms with E-state index >= 15 is 0 Å². The van der Waals surface area contributed by atoms with Crippen LogP contribution in [0, 0.1) is 31.4 Å². The molecule has 208 valence electrons. The predicted octanol–water partition coefficient (Wildman–Crippen LogP) is 4.53. The fourth-order valence-electron chi connectivity index (χ4n) is 6.36. The van der Waals surface area contributed by atoms with Crippen molar-refractivity contribution in [3.63, 3.8) is 0 Å². The molecule has 2 aromatic carbocycles. The quantitative estimate of drug-likeness (QED) is 0.404. The minimum absolute atomic E-state index is 0.0557. The van der Waals surface area contributed by atoms with Crippen LogP contribution in [0.4, 0.5) is 8.78 Å². The van der Waals surface area contributed by atoms with E-state index in [1.54, 1.807) is 4.90 Å². The lowest BCUT2D eigenvalue weighted by atomic mass is 9.84. The monoisotopic (exact) mass is 537 g/mol. The van der Waals surface area contributed by atoms with Crippen LogP contribution in [0.3, 0.4) is 0 Å². The molecule has 2 aliphatic rings. The van der Waals surface area contributed by atoms with Gasteiger partial charge in [0, 0.05) is 60.8 Å². The molecule has 1 amide bonds. The van der Waals surface area contributed by atoms with Gasteiger partial charge in [-0.3, -0.25) is 9.69 Å². The Morgan fingerprint density at radius 3 is 2.51 bits per heavy atom. The average Bonchev–Trinajstić information content (AvgIpc) is 3.24. The van der Waals surface area contributed by atoms with Gasteiger partial charge in [0.25, 0.3) is 0 Å². The normalized spacial score (nSPS) is 22.2. The minimum atomic E-state index is -0.684. The van der Waals surface area contributed by atoms with Crippen LogP contribution in [0.25, 0.3) is 17.0 Å². The fraction of sp³-hybridized carbons (Fsp3) is 0.452. The predicted molar refractivity (Wildman–Crippen MR) is 148 cm³/mol. The van der Waals surface area contributed by atoms with Crippen molar-refractivity contribution in [2.75, 3.05) is 32.7 Å². The third-order valence-corrected chi connectivity index (χ3v) is 8.46. The zero-order chi connectivity index (χ0) is 27.7. The molecule has 3 aromatic rings. The number of fused-ring (bicyclic) bond motifs is 1. The van der Waals surface area contributed by atoms with Gasteiger partial charge in [-0.25, -0.2) is 8.78 Å². The highest BCUT2D eigenvalue weighted by Gasteiger charge is 2.34. The number of piperidine rings is 2. The maximum atomic E-state index is 13.4. The van der Waals surface area contributed by atoms with Crippen molar-refractivity contribution in [2.45, 2.75) is 51.2 Å². The summed E-state index contributed by atoms with van der Waals surface area (Å²) in [6, 6.07) is 9.43. The number of aliphatic hydroxyl groups is 2. The molecule has 6 nitrogen and oxygen atoms in total. The SMILES string of the molecule is Cc1[nH]c2c(C)cccc2c1C1CCN(CC(O)C2CCN(C(=O)/C=C/c3cc(F)cc(F)c3)CC2)CC1O. The van der Waals surface area contributed by atoms with Gasteiger partial charge in [-0.15, -0.1) is 0 Å². The molecule has 1 aromatic heterocycles. The molecule has 5 rings (SSSR count). The number of hydrogen-bond acceptors (Lipinski definition) is 4. The first-order valence-corrected chi connectivity index (χ1v) is 13.8. The van der Waals surface area contributed by atoms with E-state index < -0.39 is 23.8 Å². The lowest BCUT2D eigenvalue weighted by molar-refractivity contribution is -0.128. The number of para-hydroxylation sites is 1. The standard InChI is InChI=1S/C31H37F2N3O3/c1-19-4-3-5-26-30(20(2)34-31(19)26)25-10-11-35(18-28(25)38)17-27(37)22-8-12-36(13-9-22)29(39)7-6-21-14-23(32)16-24(33)15-21/h3-7,14-16,22,25,27-28,34,37-38H,8-13,17-18H2,1-2H3/b7-6+. The molecule has 3 unspecified atom stereocenters. The van der Waals surface area contributed by atoms with Gasteiger partial charge >= 0.3 is 0 Å². The van der Waals surface area contributed by atoms with Crippen molar-refractivity contribution < 1.29 is 23.8 Å². The number of H-pyrrole nitrogens is 1. The second-order valence-electron chi connectivity index (χ2n) is 11.1. The van der Waals surface area contributed by atoms with Gasteiger partial charge in [0.1, 0.15) is 11.6 Å². The van der Waals surface area contributed by atoms with Crippen molar-refractivity contribution in [3.05, 3.63) is 76.5 Å². The summed E-state index contributed by atoms with van der Waals surface area (Å²) in [5.41, 5.74) is 4.94. The highest BCUT2D eigenvalue weighted by molar-refractivity contribution is 5.91. The van der Waals surface area contributed by atoms with Crippen molar-refractivity contribution in [2.24, 2.45) is 5.92 Å². The van der Waals surface area contributed by atoms with Crippen molar-refractivity contribution in [1.29, 1.82) is 0 Å². The number of hydrogen-bond donors (Lipinski definition) is 3. The Bertz CT molecular complexity index is 1340. The lowest BCUT2D eigenvalue weighted by Gasteiger charge is -2.39. The second-order valence-corrected chi connectivity index (χ2v) is 11.1. The number of rotatable bonds is 6. The van der Waals surface area contributed by atoms with Crippen LogP contribution in [0.5, 0.6) is 0 Å². The van der Waals surface area contributed by atoms with E-state index in [0.717, 1.165) is 30.2 Å². The number of halogens is 2. The van der Waals surface area contributed by atoms with Crippen LogP contribution in [0.2, 0.25) is 0 Å². The molecule has 2 aliphatic heterocycles. The molecule has 2 fully saturated rings. The molecule has 0 radical (unpaired) electrons. The van der Waals surface area contributed by atoms with E-state index in [4.69, 9.17) is 0 Å². The Hall–Kier alpha value is -3.07. The maximum Gasteiger partial charge on any atom is 0.246 e. The minimum Gasteiger partial charge on any atom is -0.392 e. The number of nitrogens with one attached hydrogen (secondary N) is 1. The van der Waals surface area contributed by atoms with Crippen LogP contribution in [-0.2, 0) is 4.79 Å². The Morgan fingerprint density at radius 2 is 1.82 bits per heavy atom.